The number of nitrogen functional groups attached to an aromatic ring is 1. The van der Waals surface area contributed by atoms with Crippen molar-refractivity contribution in [2.75, 3.05) is 45.3 Å². The monoisotopic (exact) mass is 307 g/mol. The van der Waals surface area contributed by atoms with E-state index >= 15 is 0 Å². The lowest BCUT2D eigenvalue weighted by molar-refractivity contribution is 0.0833. The maximum absolute atomic E-state index is 12.1. The quantitative estimate of drug-likeness (QED) is 0.882. The molecule has 0 radical (unpaired) electrons. The number of rotatable bonds is 3. The number of nitrogens with one attached hydrogen (secondary N) is 1. The Morgan fingerprint density at radius 2 is 2.10 bits per heavy atom. The smallest absolute Gasteiger partial charge is 0.265 e. The van der Waals surface area contributed by atoms with Gasteiger partial charge in [-0.1, -0.05) is 0 Å². The van der Waals surface area contributed by atoms with Gasteiger partial charge in [-0.25, -0.2) is 0 Å². The zero-order valence-corrected chi connectivity index (χ0v) is 13.5. The minimum atomic E-state index is -0.162. The van der Waals surface area contributed by atoms with Gasteiger partial charge in [0.1, 0.15) is 21.5 Å². The number of hydrogen-bond donors (Lipinski definition) is 2. The summed E-state index contributed by atoms with van der Waals surface area (Å²) in [5.41, 5.74) is 6.65. The fourth-order valence-electron chi connectivity index (χ4n) is 2.36. The summed E-state index contributed by atoms with van der Waals surface area (Å²) in [6.07, 6.45) is 2.05. The standard InChI is InChI=1S/C14H21N5OS/c1-18(2)14(20)12-11(16)10(8-15)13(21-12)17-9-4-6-19(3)7-5-9/h9,17H,4-7,16H2,1-3H3. The van der Waals surface area contributed by atoms with Gasteiger partial charge in [-0.3, -0.25) is 4.79 Å². The maximum atomic E-state index is 12.1. The molecule has 1 aliphatic rings. The van der Waals surface area contributed by atoms with Crippen LogP contribution in [0.15, 0.2) is 0 Å². The molecule has 1 aliphatic heterocycles. The van der Waals surface area contributed by atoms with Crippen molar-refractivity contribution in [3.05, 3.63) is 10.4 Å². The number of thiophene rings is 1. The Bertz CT molecular complexity index is 567. The number of piperidine rings is 1. The molecule has 0 unspecified atom stereocenters. The van der Waals surface area contributed by atoms with Crippen LogP contribution < -0.4 is 11.1 Å². The normalized spacial score (nSPS) is 16.5. The lowest BCUT2D eigenvalue weighted by atomic mass is 10.1. The molecule has 0 saturated carbocycles. The number of nitriles is 1. The molecule has 0 atom stereocenters. The van der Waals surface area contributed by atoms with Crippen molar-refractivity contribution in [1.29, 1.82) is 5.26 Å². The number of likely N-dealkylation sites (tertiary alicyclic amines) is 1. The fraction of sp³-hybridized carbons (Fsp3) is 0.571. The summed E-state index contributed by atoms with van der Waals surface area (Å²) >= 11 is 1.28. The highest BCUT2D eigenvalue weighted by atomic mass is 32.1. The van der Waals surface area contributed by atoms with E-state index in [1.165, 1.54) is 16.2 Å². The minimum absolute atomic E-state index is 0.162. The third-order valence-corrected chi connectivity index (χ3v) is 4.84. The van der Waals surface area contributed by atoms with Gasteiger partial charge in [0.15, 0.2) is 0 Å². The molecule has 1 saturated heterocycles. The lowest BCUT2D eigenvalue weighted by Crippen LogP contribution is -2.36. The van der Waals surface area contributed by atoms with Crippen molar-refractivity contribution >= 4 is 27.9 Å². The SMILES string of the molecule is CN1CCC(Nc2sc(C(=O)N(C)C)c(N)c2C#N)CC1. The van der Waals surface area contributed by atoms with Crippen LogP contribution in [0, 0.1) is 11.3 Å². The Morgan fingerprint density at radius 1 is 1.48 bits per heavy atom. The molecule has 6 nitrogen and oxygen atoms in total. The first-order chi connectivity index (χ1) is 9.93. The zero-order valence-electron chi connectivity index (χ0n) is 12.6. The average molecular weight is 307 g/mol. The zero-order chi connectivity index (χ0) is 15.6. The van der Waals surface area contributed by atoms with Crippen molar-refractivity contribution in [3.63, 3.8) is 0 Å². The highest BCUT2D eigenvalue weighted by Gasteiger charge is 2.24. The Labute approximate surface area is 129 Å². The third kappa shape index (κ3) is 3.28. The van der Waals surface area contributed by atoms with E-state index in [4.69, 9.17) is 5.73 Å². The summed E-state index contributed by atoms with van der Waals surface area (Å²) < 4.78 is 0. The van der Waals surface area contributed by atoms with Crippen LogP contribution in [0.25, 0.3) is 0 Å². The second-order valence-corrected chi connectivity index (χ2v) is 6.60. The predicted molar refractivity (Wildman–Crippen MR) is 85.6 cm³/mol. The molecule has 21 heavy (non-hydrogen) atoms. The van der Waals surface area contributed by atoms with Crippen LogP contribution in [0.2, 0.25) is 0 Å². The largest absolute Gasteiger partial charge is 0.396 e. The summed E-state index contributed by atoms with van der Waals surface area (Å²) in [4.78, 5) is 16.3. The number of carbonyl (C=O) groups excluding carboxylic acids is 1. The van der Waals surface area contributed by atoms with Crippen LogP contribution in [0.4, 0.5) is 10.7 Å². The number of nitrogens with two attached hydrogens (primary N) is 1. The highest BCUT2D eigenvalue weighted by molar-refractivity contribution is 7.18. The van der Waals surface area contributed by atoms with Crippen LogP contribution in [0.1, 0.15) is 28.1 Å². The molecule has 0 aromatic carbocycles. The summed E-state index contributed by atoms with van der Waals surface area (Å²) in [6.45, 7) is 2.06. The number of hydrogen-bond acceptors (Lipinski definition) is 6. The Kier molecular flexibility index (Phi) is 4.70. The van der Waals surface area contributed by atoms with Crippen LogP contribution in [0.5, 0.6) is 0 Å². The van der Waals surface area contributed by atoms with E-state index in [1.54, 1.807) is 14.1 Å². The number of anilines is 2. The molecule has 3 N–H and O–H groups in total. The van der Waals surface area contributed by atoms with Gasteiger partial charge in [-0.15, -0.1) is 11.3 Å². The lowest BCUT2D eigenvalue weighted by Gasteiger charge is -2.29. The highest BCUT2D eigenvalue weighted by Crippen LogP contribution is 2.36. The summed E-state index contributed by atoms with van der Waals surface area (Å²) in [5, 5.41) is 13.4. The van der Waals surface area contributed by atoms with Crippen molar-refractivity contribution in [2.24, 2.45) is 0 Å². The van der Waals surface area contributed by atoms with Gasteiger partial charge in [-0.2, -0.15) is 5.26 Å². The molecule has 7 heteroatoms. The van der Waals surface area contributed by atoms with E-state index in [1.807, 2.05) is 0 Å². The van der Waals surface area contributed by atoms with Gasteiger partial charge in [0.2, 0.25) is 0 Å². The Hall–Kier alpha value is -1.78. The molecule has 1 aromatic rings. The second-order valence-electron chi connectivity index (χ2n) is 5.58. The average Bonchev–Trinajstić information content (AvgIpc) is 2.76. The molecular weight excluding hydrogens is 286 g/mol. The Morgan fingerprint density at radius 3 is 2.62 bits per heavy atom. The van der Waals surface area contributed by atoms with Crippen LogP contribution in [-0.4, -0.2) is 56.0 Å². The molecule has 114 valence electrons. The van der Waals surface area contributed by atoms with Crippen molar-refractivity contribution in [3.8, 4) is 6.07 Å². The minimum Gasteiger partial charge on any atom is -0.396 e. The fourth-order valence-corrected chi connectivity index (χ4v) is 3.53. The van der Waals surface area contributed by atoms with E-state index in [-0.39, 0.29) is 11.6 Å². The van der Waals surface area contributed by atoms with E-state index in [0.29, 0.717) is 16.5 Å². The van der Waals surface area contributed by atoms with Crippen molar-refractivity contribution < 1.29 is 4.79 Å². The number of nitrogens with zero attached hydrogens (tertiary/aromatic N) is 3. The maximum Gasteiger partial charge on any atom is 0.265 e. The number of carbonyl (C=O) groups is 1. The molecular formula is C14H21N5OS. The van der Waals surface area contributed by atoms with Gasteiger partial charge in [0.05, 0.1) is 5.69 Å². The first-order valence-corrected chi connectivity index (χ1v) is 7.74. The summed E-state index contributed by atoms with van der Waals surface area (Å²) in [5.74, 6) is -0.162. The first-order valence-electron chi connectivity index (χ1n) is 6.93. The first kappa shape index (κ1) is 15.6. The van der Waals surface area contributed by atoms with E-state index in [9.17, 15) is 10.1 Å². The van der Waals surface area contributed by atoms with Crippen LogP contribution in [0.3, 0.4) is 0 Å². The molecule has 1 aromatic heterocycles. The second kappa shape index (κ2) is 6.33. The van der Waals surface area contributed by atoms with Crippen molar-refractivity contribution in [1.82, 2.24) is 9.80 Å². The van der Waals surface area contributed by atoms with Gasteiger partial charge >= 0.3 is 0 Å². The number of amides is 1. The summed E-state index contributed by atoms with van der Waals surface area (Å²) in [6, 6.07) is 2.45. The molecule has 1 fully saturated rings. The van der Waals surface area contributed by atoms with E-state index < -0.39 is 0 Å². The molecule has 2 rings (SSSR count). The molecule has 2 heterocycles. The Balaban J connectivity index is 2.22. The summed E-state index contributed by atoms with van der Waals surface area (Å²) in [7, 11) is 5.46. The molecule has 1 amide bonds. The predicted octanol–water partition coefficient (Wildman–Crippen LogP) is 1.41. The molecule has 0 bridgehead atoms. The topological polar surface area (TPSA) is 85.4 Å². The van der Waals surface area contributed by atoms with Crippen molar-refractivity contribution in [2.45, 2.75) is 18.9 Å². The van der Waals surface area contributed by atoms with E-state index in [2.05, 4.69) is 23.3 Å². The molecule has 0 aliphatic carbocycles. The van der Waals surface area contributed by atoms with E-state index in [0.717, 1.165) is 30.9 Å². The van der Waals surface area contributed by atoms with Crippen LogP contribution >= 0.6 is 11.3 Å². The van der Waals surface area contributed by atoms with Gasteiger partial charge in [0, 0.05) is 20.1 Å². The van der Waals surface area contributed by atoms with Crippen LogP contribution in [-0.2, 0) is 0 Å². The third-order valence-electron chi connectivity index (χ3n) is 3.71. The van der Waals surface area contributed by atoms with Gasteiger partial charge in [-0.05, 0) is 33.0 Å². The molecule has 0 spiro atoms. The van der Waals surface area contributed by atoms with Gasteiger partial charge in [0.25, 0.3) is 5.91 Å². The van der Waals surface area contributed by atoms with Gasteiger partial charge < -0.3 is 20.9 Å².